The molecule has 5 rings (SSSR count). The quantitative estimate of drug-likeness (QED) is 0.580. The lowest BCUT2D eigenvalue weighted by molar-refractivity contribution is -0.138. The molecule has 2 aliphatic rings. The van der Waals surface area contributed by atoms with Crippen molar-refractivity contribution in [1.29, 1.82) is 0 Å². The summed E-state index contributed by atoms with van der Waals surface area (Å²) in [5.74, 6) is 0.225. The van der Waals surface area contributed by atoms with Crippen LogP contribution >= 0.6 is 0 Å². The Morgan fingerprint density at radius 3 is 2.22 bits per heavy atom. The Morgan fingerprint density at radius 1 is 0.812 bits per heavy atom. The van der Waals surface area contributed by atoms with Crippen LogP contribution in [-0.4, -0.2) is 35.3 Å². The average Bonchev–Trinajstić information content (AvgIpc) is 3.09. The van der Waals surface area contributed by atoms with Crippen molar-refractivity contribution < 1.29 is 14.3 Å². The minimum absolute atomic E-state index is 0.232. The molecule has 3 aromatic rings. The van der Waals surface area contributed by atoms with Crippen molar-refractivity contribution in [1.82, 2.24) is 9.80 Å². The van der Waals surface area contributed by atoms with E-state index >= 15 is 0 Å². The topological polar surface area (TPSA) is 49.9 Å². The third-order valence-corrected chi connectivity index (χ3v) is 6.15. The van der Waals surface area contributed by atoms with Gasteiger partial charge in [-0.05, 0) is 40.8 Å². The summed E-state index contributed by atoms with van der Waals surface area (Å²) in [6, 6.07) is 25.3. The zero-order valence-electron chi connectivity index (χ0n) is 18.0. The number of carbonyl (C=O) groups is 2. The summed E-state index contributed by atoms with van der Waals surface area (Å²) < 4.78 is 5.27. The van der Waals surface area contributed by atoms with Gasteiger partial charge in [-0.1, -0.05) is 66.7 Å². The van der Waals surface area contributed by atoms with Crippen molar-refractivity contribution in [2.75, 3.05) is 13.7 Å². The van der Waals surface area contributed by atoms with E-state index in [1.54, 1.807) is 7.11 Å². The largest absolute Gasteiger partial charge is 0.497 e. The van der Waals surface area contributed by atoms with Gasteiger partial charge in [-0.2, -0.15) is 0 Å². The number of carbonyl (C=O) groups excluding carboxylic acids is 2. The third kappa shape index (κ3) is 3.56. The monoisotopic (exact) mass is 424 g/mol. The second-order valence-corrected chi connectivity index (χ2v) is 8.07. The number of methoxy groups -OCH3 is 1. The van der Waals surface area contributed by atoms with Crippen LogP contribution in [0.5, 0.6) is 5.75 Å². The first-order valence-electron chi connectivity index (χ1n) is 10.8. The zero-order valence-corrected chi connectivity index (χ0v) is 18.0. The maximum Gasteiger partial charge on any atom is 0.278 e. The number of rotatable bonds is 5. The van der Waals surface area contributed by atoms with Crippen LogP contribution in [-0.2, 0) is 29.1 Å². The number of amides is 2. The lowest BCUT2D eigenvalue weighted by atomic mass is 9.98. The van der Waals surface area contributed by atoms with Gasteiger partial charge >= 0.3 is 0 Å². The fraction of sp³-hybridized carbons (Fsp3) is 0.185. The predicted molar refractivity (Wildman–Crippen MR) is 122 cm³/mol. The van der Waals surface area contributed by atoms with Gasteiger partial charge in [0.25, 0.3) is 11.8 Å². The van der Waals surface area contributed by atoms with Crippen LogP contribution in [0.25, 0.3) is 5.57 Å². The van der Waals surface area contributed by atoms with Gasteiger partial charge < -0.3 is 9.64 Å². The molecular formula is C27H24N2O3. The van der Waals surface area contributed by atoms with Crippen LogP contribution < -0.4 is 4.74 Å². The molecule has 0 saturated carbocycles. The van der Waals surface area contributed by atoms with E-state index in [9.17, 15) is 9.59 Å². The minimum atomic E-state index is -0.252. The van der Waals surface area contributed by atoms with Gasteiger partial charge in [0.1, 0.15) is 11.4 Å². The van der Waals surface area contributed by atoms with Crippen molar-refractivity contribution in [3.8, 4) is 5.75 Å². The number of benzene rings is 3. The fourth-order valence-electron chi connectivity index (χ4n) is 4.47. The van der Waals surface area contributed by atoms with Crippen molar-refractivity contribution >= 4 is 17.4 Å². The highest BCUT2D eigenvalue weighted by Gasteiger charge is 2.42. The lowest BCUT2D eigenvalue weighted by Gasteiger charge is -2.31. The summed E-state index contributed by atoms with van der Waals surface area (Å²) in [7, 11) is 1.61. The maximum absolute atomic E-state index is 13.6. The van der Waals surface area contributed by atoms with Gasteiger partial charge in [0.2, 0.25) is 0 Å². The van der Waals surface area contributed by atoms with Crippen LogP contribution in [0.3, 0.4) is 0 Å². The summed E-state index contributed by atoms with van der Waals surface area (Å²) in [6.45, 7) is 1.57. The van der Waals surface area contributed by atoms with Crippen molar-refractivity contribution in [3.05, 3.63) is 107 Å². The summed E-state index contributed by atoms with van der Waals surface area (Å²) in [5.41, 5.74) is 5.11. The van der Waals surface area contributed by atoms with Crippen LogP contribution in [0.2, 0.25) is 0 Å². The van der Waals surface area contributed by atoms with Gasteiger partial charge in [-0.25, -0.2) is 0 Å². The maximum atomic E-state index is 13.6. The molecule has 2 heterocycles. The first kappa shape index (κ1) is 20.1. The molecule has 2 amide bonds. The first-order valence-corrected chi connectivity index (χ1v) is 10.8. The minimum Gasteiger partial charge on any atom is -0.497 e. The number of imide groups is 1. The van der Waals surface area contributed by atoms with Crippen molar-refractivity contribution in [2.24, 2.45) is 0 Å². The van der Waals surface area contributed by atoms with E-state index < -0.39 is 0 Å². The average molecular weight is 425 g/mol. The molecule has 32 heavy (non-hydrogen) atoms. The van der Waals surface area contributed by atoms with Gasteiger partial charge in [0.05, 0.1) is 19.2 Å². The van der Waals surface area contributed by atoms with Crippen LogP contribution in [0.1, 0.15) is 22.3 Å². The Bertz CT molecular complexity index is 1200. The molecular weight excluding hydrogens is 400 g/mol. The molecule has 0 radical (unpaired) electrons. The normalized spacial score (nSPS) is 15.9. The summed E-state index contributed by atoms with van der Waals surface area (Å²) in [4.78, 5) is 30.6. The Morgan fingerprint density at radius 2 is 1.50 bits per heavy atom. The number of fused-ring (bicyclic) bond motifs is 1. The Labute approximate surface area is 187 Å². The van der Waals surface area contributed by atoms with Crippen LogP contribution in [0.15, 0.2) is 84.6 Å². The molecule has 160 valence electrons. The van der Waals surface area contributed by atoms with Crippen molar-refractivity contribution in [2.45, 2.75) is 19.5 Å². The zero-order chi connectivity index (χ0) is 22.1. The highest BCUT2D eigenvalue weighted by molar-refractivity contribution is 6.35. The number of nitrogens with zero attached hydrogens (tertiary/aromatic N) is 2. The molecule has 0 unspecified atom stereocenters. The van der Waals surface area contributed by atoms with E-state index in [1.165, 1.54) is 16.0 Å². The highest BCUT2D eigenvalue weighted by Crippen LogP contribution is 2.35. The number of hydrogen-bond acceptors (Lipinski definition) is 4. The number of ether oxygens (including phenoxy) is 1. The van der Waals surface area contributed by atoms with E-state index in [4.69, 9.17) is 4.74 Å². The Kier molecular flexibility index (Phi) is 5.23. The molecule has 0 saturated heterocycles. The third-order valence-electron chi connectivity index (χ3n) is 6.15. The molecule has 0 spiro atoms. The molecule has 5 nitrogen and oxygen atoms in total. The molecule has 0 bridgehead atoms. The molecule has 0 aromatic heterocycles. The number of hydrogen-bond donors (Lipinski definition) is 0. The highest BCUT2D eigenvalue weighted by atomic mass is 16.5. The van der Waals surface area contributed by atoms with E-state index in [-0.39, 0.29) is 18.4 Å². The summed E-state index contributed by atoms with van der Waals surface area (Å²) >= 11 is 0. The van der Waals surface area contributed by atoms with E-state index in [1.807, 2.05) is 66.7 Å². The van der Waals surface area contributed by atoms with Crippen LogP contribution in [0, 0.1) is 0 Å². The molecule has 2 aliphatic heterocycles. The molecule has 0 aliphatic carbocycles. The second-order valence-electron chi connectivity index (χ2n) is 8.07. The molecule has 5 heteroatoms. The second kappa shape index (κ2) is 8.35. The van der Waals surface area contributed by atoms with Crippen molar-refractivity contribution in [3.63, 3.8) is 0 Å². The Balaban J connectivity index is 1.55. The smallest absolute Gasteiger partial charge is 0.278 e. The summed E-state index contributed by atoms with van der Waals surface area (Å²) in [5, 5.41) is 0. The van der Waals surface area contributed by atoms with Crippen LogP contribution in [0.4, 0.5) is 0 Å². The molecule has 0 N–H and O–H groups in total. The van der Waals surface area contributed by atoms with Gasteiger partial charge in [0, 0.05) is 13.1 Å². The predicted octanol–water partition coefficient (Wildman–Crippen LogP) is 4.03. The van der Waals surface area contributed by atoms with E-state index in [2.05, 4.69) is 17.0 Å². The first-order chi connectivity index (χ1) is 15.7. The molecule has 0 atom stereocenters. The van der Waals surface area contributed by atoms with Gasteiger partial charge in [-0.3, -0.25) is 14.5 Å². The van der Waals surface area contributed by atoms with Gasteiger partial charge in [0.15, 0.2) is 0 Å². The van der Waals surface area contributed by atoms with Gasteiger partial charge in [-0.15, -0.1) is 0 Å². The Hall–Kier alpha value is -3.86. The van der Waals surface area contributed by atoms with E-state index in [0.29, 0.717) is 30.1 Å². The molecule has 0 fully saturated rings. The molecule has 3 aromatic carbocycles. The SMILES string of the molecule is COc1ccc(C2=C(N3CCc4ccccc4C3)C(=O)N(Cc3ccccc3)C2=O)cc1. The summed E-state index contributed by atoms with van der Waals surface area (Å²) in [6.07, 6.45) is 0.843. The lowest BCUT2D eigenvalue weighted by Crippen LogP contribution is -2.37. The standard InChI is InChI=1S/C27H24N2O3/c1-32-23-13-11-21(12-14-23)24-25(28-16-15-20-9-5-6-10-22(20)18-28)27(31)29(26(24)30)17-19-7-3-2-4-8-19/h2-14H,15-18H2,1H3. The fourth-order valence-corrected chi connectivity index (χ4v) is 4.47. The van der Waals surface area contributed by atoms with E-state index in [0.717, 1.165) is 17.5 Å².